The summed E-state index contributed by atoms with van der Waals surface area (Å²) in [6.45, 7) is 15.4. The lowest BCUT2D eigenvalue weighted by Gasteiger charge is -2.53. The van der Waals surface area contributed by atoms with E-state index in [1.54, 1.807) is 6.92 Å². The Morgan fingerprint density at radius 2 is 1.80 bits per heavy atom. The molecule has 0 aliphatic carbocycles. The van der Waals surface area contributed by atoms with Crippen molar-refractivity contribution in [2.24, 2.45) is 11.3 Å². The second-order valence-electron chi connectivity index (χ2n) is 13.8. The number of aromatic nitrogens is 3. The molecule has 14 nitrogen and oxygen atoms in total. The van der Waals surface area contributed by atoms with Crippen LogP contribution in [-0.4, -0.2) is 112 Å². The van der Waals surface area contributed by atoms with Crippen LogP contribution in [0.25, 0.3) is 0 Å². The number of ether oxygens (including phenoxy) is 3. The minimum atomic E-state index is -1.09. The van der Waals surface area contributed by atoms with Gasteiger partial charge in [-0.15, -0.1) is 10.2 Å². The molecule has 1 aromatic heterocycles. The molecule has 3 aliphatic heterocycles. The van der Waals surface area contributed by atoms with E-state index in [0.717, 1.165) is 70.1 Å². The Morgan fingerprint density at radius 1 is 1.10 bits per heavy atom. The molecule has 2 saturated heterocycles. The number of anilines is 1. The van der Waals surface area contributed by atoms with Crippen LogP contribution in [-0.2, 0) is 9.59 Å². The molecule has 15 heteroatoms. The van der Waals surface area contributed by atoms with Crippen molar-refractivity contribution in [2.75, 3.05) is 57.3 Å². The summed E-state index contributed by atoms with van der Waals surface area (Å²) in [7, 11) is 0. The van der Waals surface area contributed by atoms with Crippen molar-refractivity contribution in [1.82, 2.24) is 30.3 Å². The molecule has 50 heavy (non-hydrogen) atoms. The predicted octanol–water partition coefficient (Wildman–Crippen LogP) is 3.34. The number of carbonyl (C=O) groups excluding carboxylic acids is 3. The molecule has 1 aromatic carbocycles. The van der Waals surface area contributed by atoms with Gasteiger partial charge in [0.1, 0.15) is 6.33 Å². The number of hydrogen-bond acceptors (Lipinski definition) is 13. The van der Waals surface area contributed by atoms with Crippen molar-refractivity contribution in [3.8, 4) is 23.1 Å². The van der Waals surface area contributed by atoms with Crippen LogP contribution in [0, 0.1) is 17.2 Å². The largest absolute Gasteiger partial charge is 0.430 e. The zero-order valence-corrected chi connectivity index (χ0v) is 29.5. The number of fused-ring (bicyclic) bond motifs is 1. The molecule has 3 aliphatic rings. The molecule has 0 bridgehead atoms. The number of hydrogen-bond donors (Lipinski definition) is 2. The fourth-order valence-electron chi connectivity index (χ4n) is 7.11. The van der Waals surface area contributed by atoms with Gasteiger partial charge in [-0.2, -0.15) is 0 Å². The Labute approximate surface area is 292 Å². The van der Waals surface area contributed by atoms with Crippen LogP contribution in [0.5, 0.6) is 23.1 Å². The number of carbonyl (C=O) groups is 3. The topological polar surface area (TPSA) is 160 Å². The molecule has 2 fully saturated rings. The van der Waals surface area contributed by atoms with Crippen LogP contribution in [0.3, 0.4) is 0 Å². The van der Waals surface area contributed by atoms with Gasteiger partial charge in [0, 0.05) is 69.0 Å². The molecule has 1 unspecified atom stereocenters. The number of halogens is 1. The minimum Gasteiger partial charge on any atom is -0.430 e. The van der Waals surface area contributed by atoms with E-state index in [0.29, 0.717) is 37.4 Å². The van der Waals surface area contributed by atoms with Crippen molar-refractivity contribution in [1.29, 1.82) is 0 Å². The Balaban J connectivity index is 1.39. The minimum absolute atomic E-state index is 0.0516. The van der Waals surface area contributed by atoms with Crippen molar-refractivity contribution in [3.63, 3.8) is 0 Å². The second-order valence-corrected chi connectivity index (χ2v) is 13.8. The quantitative estimate of drug-likeness (QED) is 0.159. The van der Waals surface area contributed by atoms with E-state index in [-0.39, 0.29) is 35.3 Å². The Morgan fingerprint density at radius 3 is 2.46 bits per heavy atom. The van der Waals surface area contributed by atoms with Gasteiger partial charge < -0.3 is 34.4 Å². The van der Waals surface area contributed by atoms with Crippen LogP contribution < -0.4 is 24.4 Å². The molecule has 4 heterocycles. The predicted molar refractivity (Wildman–Crippen MR) is 182 cm³/mol. The van der Waals surface area contributed by atoms with Crippen LogP contribution in [0.4, 0.5) is 10.2 Å². The smallest absolute Gasteiger partial charge is 0.336 e. The summed E-state index contributed by atoms with van der Waals surface area (Å²) in [6, 6.07) is 1.11. The molecule has 1 spiro atoms. The number of nitrogens with zero attached hydrogens (tertiary/aromatic N) is 6. The number of rotatable bonds is 15. The molecule has 2 N–H and O–H groups in total. The van der Waals surface area contributed by atoms with E-state index in [1.165, 1.54) is 11.2 Å². The summed E-state index contributed by atoms with van der Waals surface area (Å²) in [5.74, 6) is -4.48. The molecule has 272 valence electrons. The van der Waals surface area contributed by atoms with Crippen molar-refractivity contribution >= 4 is 23.7 Å². The van der Waals surface area contributed by atoms with E-state index in [4.69, 9.17) is 19.3 Å². The van der Waals surface area contributed by atoms with Gasteiger partial charge in [-0.3, -0.25) is 9.69 Å². The number of likely N-dealkylation sites (tertiary alicyclic amines) is 1. The van der Waals surface area contributed by atoms with Gasteiger partial charge in [-0.25, -0.2) is 19.0 Å². The highest BCUT2D eigenvalue weighted by atomic mass is 19.1. The highest BCUT2D eigenvalue weighted by Crippen LogP contribution is 2.48. The maximum atomic E-state index is 15.5. The monoisotopic (exact) mass is 697 g/mol. The summed E-state index contributed by atoms with van der Waals surface area (Å²) in [5.41, 5.74) is -0.201. The van der Waals surface area contributed by atoms with E-state index in [2.05, 4.69) is 44.1 Å². The Bertz CT molecular complexity index is 1580. The summed E-state index contributed by atoms with van der Waals surface area (Å²) >= 11 is 0. The first kappa shape index (κ1) is 37.1. The van der Waals surface area contributed by atoms with Gasteiger partial charge in [-0.05, 0) is 71.5 Å². The number of esters is 2. The fourth-order valence-corrected chi connectivity index (χ4v) is 7.11. The van der Waals surface area contributed by atoms with Gasteiger partial charge in [0.05, 0.1) is 5.56 Å². The third-order valence-corrected chi connectivity index (χ3v) is 9.55. The van der Waals surface area contributed by atoms with Crippen molar-refractivity contribution in [2.45, 2.75) is 72.4 Å². The van der Waals surface area contributed by atoms with Gasteiger partial charge in [-0.1, -0.05) is 13.8 Å². The molecule has 0 radical (unpaired) electrons. The second kappa shape index (κ2) is 16.2. The number of nitrogens with one attached hydrogen (secondary N) is 1. The van der Waals surface area contributed by atoms with Gasteiger partial charge in [0.25, 0.3) is 11.8 Å². The van der Waals surface area contributed by atoms with E-state index < -0.39 is 35.2 Å². The number of amides is 1. The van der Waals surface area contributed by atoms with Crippen LogP contribution in [0.15, 0.2) is 24.5 Å². The zero-order chi connectivity index (χ0) is 36.0. The Hall–Kier alpha value is -4.21. The molecular weight excluding hydrogens is 649 g/mol. The van der Waals surface area contributed by atoms with E-state index >= 15 is 4.39 Å². The fraction of sp³-hybridized carbons (Fsp3) is 0.600. The first-order chi connectivity index (χ1) is 24.0. The van der Waals surface area contributed by atoms with Crippen LogP contribution in [0.2, 0.25) is 0 Å². The van der Waals surface area contributed by atoms with E-state index in [1.807, 2.05) is 13.8 Å². The SMILES string of the molecule is CCN(C(=O)c1cc(F)c2c(c1Oc1nncnc1N1CCC3(C1)CN(C(CCCNCCCO)C(C)C)C3)OC(=O)/C=C/C(=O)O2)C(C)C. The number of aliphatic hydroxyl groups is 1. The normalized spacial score (nSPS) is 18.3. The van der Waals surface area contributed by atoms with E-state index in [9.17, 15) is 14.4 Å². The molecule has 2 aromatic rings. The average molecular weight is 698 g/mol. The highest BCUT2D eigenvalue weighted by molar-refractivity contribution is 6.01. The molecule has 5 rings (SSSR count). The Kier molecular flexibility index (Phi) is 12.0. The average Bonchev–Trinajstić information content (AvgIpc) is 3.51. The zero-order valence-electron chi connectivity index (χ0n) is 29.5. The number of benzene rings is 1. The maximum absolute atomic E-state index is 15.5. The lowest BCUT2D eigenvalue weighted by Crippen LogP contribution is -2.62. The van der Waals surface area contributed by atoms with Gasteiger partial charge in [0.2, 0.25) is 11.5 Å². The lowest BCUT2D eigenvalue weighted by atomic mass is 9.76. The molecule has 0 saturated carbocycles. The lowest BCUT2D eigenvalue weighted by molar-refractivity contribution is -0.133. The standard InChI is InChI=1S/C35H48FN7O7/c1-6-43(23(4)5)34(47)24-17-25(36)30-31(49-28(46)11-10-27(45)48-30)29(24)50-33-32(38-21-39-40-33)41-15-12-35(18-41)19-42(20-35)26(22(2)3)9-7-13-37-14-8-16-44/h10-11,17,21-23,26,37,44H,6-9,12-16,18-20H2,1-5H3/b11-10+. The molecule has 1 amide bonds. The molecule has 1 atom stereocenters. The summed E-state index contributed by atoms with van der Waals surface area (Å²) in [6.07, 6.45) is 6.79. The third kappa shape index (κ3) is 8.22. The highest BCUT2D eigenvalue weighted by Gasteiger charge is 2.50. The van der Waals surface area contributed by atoms with Gasteiger partial charge >= 0.3 is 11.9 Å². The summed E-state index contributed by atoms with van der Waals surface area (Å²) < 4.78 is 32.4. The van der Waals surface area contributed by atoms with Crippen LogP contribution in [0.1, 0.15) is 70.7 Å². The first-order valence-corrected chi connectivity index (χ1v) is 17.4. The van der Waals surface area contributed by atoms with Crippen molar-refractivity contribution in [3.05, 3.63) is 35.9 Å². The third-order valence-electron chi connectivity index (χ3n) is 9.55. The molecular formula is C35H48FN7O7. The van der Waals surface area contributed by atoms with Crippen LogP contribution >= 0.6 is 0 Å². The summed E-state index contributed by atoms with van der Waals surface area (Å²) in [4.78, 5) is 49.3. The summed E-state index contributed by atoms with van der Waals surface area (Å²) in [5, 5.41) is 20.5. The maximum Gasteiger partial charge on any atom is 0.336 e. The first-order valence-electron chi connectivity index (χ1n) is 17.4. The number of aliphatic hydroxyl groups excluding tert-OH is 1. The van der Waals surface area contributed by atoms with Crippen molar-refractivity contribution < 1.29 is 38.1 Å². The van der Waals surface area contributed by atoms with Gasteiger partial charge in [0.15, 0.2) is 17.4 Å².